The third-order valence-corrected chi connectivity index (χ3v) is 13.9. The minimum absolute atomic E-state index is 0.171. The van der Waals surface area contributed by atoms with Crippen LogP contribution in [0.5, 0.6) is 0 Å². The Balaban J connectivity index is 0.000000177. The number of carbonyl (C=O) groups excluding carboxylic acids is 8. The number of amides is 8. The Hall–Kier alpha value is -7.14. The Bertz CT molecular complexity index is 2540. The van der Waals surface area contributed by atoms with Crippen molar-refractivity contribution in [1.82, 2.24) is 31.1 Å². The number of nitrogen functional groups attached to an aromatic ring is 1. The number of rotatable bonds is 7. The van der Waals surface area contributed by atoms with Gasteiger partial charge in [0.1, 0.15) is 23.3 Å². The van der Waals surface area contributed by atoms with Crippen molar-refractivity contribution in [1.29, 1.82) is 0 Å². The van der Waals surface area contributed by atoms with Crippen LogP contribution < -0.4 is 52.3 Å². The molecule has 424 valence electrons. The minimum Gasteiger partial charge on any atom is -0.444 e. The van der Waals surface area contributed by atoms with Crippen LogP contribution in [-0.4, -0.2) is 164 Å². The van der Waals surface area contributed by atoms with Gasteiger partial charge < -0.3 is 55.7 Å². The second-order valence-corrected chi connectivity index (χ2v) is 22.7. The molecule has 6 heterocycles. The zero-order valence-corrected chi connectivity index (χ0v) is 47.2. The average molecular weight is 1150 g/mol. The van der Waals surface area contributed by atoms with Crippen LogP contribution in [0.25, 0.3) is 0 Å². The molecule has 3 aromatic rings. The van der Waals surface area contributed by atoms with Crippen LogP contribution >= 0.6 is 15.9 Å². The maximum atomic E-state index is 12.2. The number of halogens is 1. The summed E-state index contributed by atoms with van der Waals surface area (Å²) in [5.74, 6) is -1.31. The first-order chi connectivity index (χ1) is 37.0. The van der Waals surface area contributed by atoms with Crippen molar-refractivity contribution in [3.05, 3.63) is 72.8 Å². The molecule has 6 fully saturated rings. The molecule has 3 unspecified atom stereocenters. The fraction of sp³-hybridized carbons (Fsp3) is 0.527. The Labute approximate surface area is 465 Å². The highest BCUT2D eigenvalue weighted by Gasteiger charge is 2.30. The molecule has 6 aliphatic rings. The molecule has 0 aliphatic carbocycles. The number of nitrogens with zero attached hydrogens (tertiary/aromatic N) is 5. The van der Waals surface area contributed by atoms with Crippen LogP contribution in [0.4, 0.5) is 43.7 Å². The van der Waals surface area contributed by atoms with E-state index in [2.05, 4.69) is 74.7 Å². The predicted octanol–water partition coefficient (Wildman–Crippen LogP) is 4.79. The van der Waals surface area contributed by atoms with Gasteiger partial charge in [-0.15, -0.1) is 0 Å². The van der Waals surface area contributed by atoms with E-state index in [0.29, 0.717) is 64.7 Å². The number of hydrogen-bond donors (Lipinski definition) is 7. The second-order valence-electron chi connectivity index (χ2n) is 21.5. The maximum absolute atomic E-state index is 12.2. The number of alkyl halides is 1. The molecule has 0 aromatic heterocycles. The molecular formula is C55H77BrN12O10. The summed E-state index contributed by atoms with van der Waals surface area (Å²) >= 11 is 3.12. The number of benzene rings is 3. The van der Waals surface area contributed by atoms with E-state index in [4.69, 9.17) is 15.2 Å². The molecule has 0 radical (unpaired) electrons. The first-order valence-electron chi connectivity index (χ1n) is 26.6. The Morgan fingerprint density at radius 1 is 0.500 bits per heavy atom. The summed E-state index contributed by atoms with van der Waals surface area (Å²) in [6, 6.07) is 23.1. The van der Waals surface area contributed by atoms with Crippen molar-refractivity contribution in [2.75, 3.05) is 110 Å². The summed E-state index contributed by atoms with van der Waals surface area (Å²) in [6.07, 6.45) is 2.35. The molecular weight excluding hydrogens is 1070 g/mol. The third kappa shape index (κ3) is 19.4. The third-order valence-electron chi connectivity index (χ3n) is 13.0. The van der Waals surface area contributed by atoms with Gasteiger partial charge in [-0.1, -0.05) is 15.9 Å². The number of nitrogens with two attached hydrogens (primary N) is 1. The summed E-state index contributed by atoms with van der Waals surface area (Å²) in [4.78, 5) is 101. The predicted molar refractivity (Wildman–Crippen MR) is 304 cm³/mol. The summed E-state index contributed by atoms with van der Waals surface area (Å²) in [7, 11) is 0. The van der Waals surface area contributed by atoms with Gasteiger partial charge in [0.2, 0.25) is 35.4 Å². The largest absolute Gasteiger partial charge is 0.444 e. The molecule has 3 atom stereocenters. The summed E-state index contributed by atoms with van der Waals surface area (Å²) in [5, 5.41) is 16.6. The molecule has 0 saturated carbocycles. The lowest BCUT2D eigenvalue weighted by atomic mass is 10.1. The molecule has 9 rings (SSSR count). The van der Waals surface area contributed by atoms with E-state index in [-0.39, 0.29) is 64.5 Å². The van der Waals surface area contributed by atoms with Crippen LogP contribution in [0.1, 0.15) is 80.1 Å². The summed E-state index contributed by atoms with van der Waals surface area (Å²) in [6.45, 7) is 21.0. The zero-order valence-electron chi connectivity index (χ0n) is 45.7. The SMILES string of the molecule is CC(C)(C)OC(=O)N1CCN(c2ccc(N)cc2)CC1.CC(C)(C)OC(=O)N1CCN(c2ccc(NC3CCC(=O)NC3=O)cc2)CC1.O=C1CCC(Br)C(=O)N1.O=C1CCC(Nc2ccc(N3CCNCC3)cc2)C(=O)N1. The van der Waals surface area contributed by atoms with Crippen molar-refractivity contribution in [2.24, 2.45) is 0 Å². The van der Waals surface area contributed by atoms with Gasteiger partial charge in [0.25, 0.3) is 0 Å². The van der Waals surface area contributed by atoms with Gasteiger partial charge >= 0.3 is 12.2 Å². The molecule has 8 amide bonds. The van der Waals surface area contributed by atoms with Crippen LogP contribution in [-0.2, 0) is 38.2 Å². The van der Waals surface area contributed by atoms with Crippen molar-refractivity contribution < 1.29 is 47.8 Å². The van der Waals surface area contributed by atoms with Crippen LogP contribution in [0, 0.1) is 0 Å². The first-order valence-corrected chi connectivity index (χ1v) is 27.6. The highest BCUT2D eigenvalue weighted by atomic mass is 79.9. The number of nitrogens with one attached hydrogen (secondary N) is 6. The van der Waals surface area contributed by atoms with Gasteiger partial charge in [-0.05, 0) is 134 Å². The number of hydrogen-bond acceptors (Lipinski definition) is 17. The van der Waals surface area contributed by atoms with E-state index in [9.17, 15) is 38.4 Å². The standard InChI is InChI=1S/C20H28N4O4.C15H20N4O2.C15H23N3O2.C5H6BrNO2/c1-20(2,3)28-19(27)24-12-10-23(11-13-24)15-6-4-14(5-7-15)21-16-8-9-17(25)22-18(16)26;20-14-6-5-13(15(21)18-14)17-11-1-3-12(4-2-11)19-9-7-16-8-10-19;1-15(2,3)20-14(19)18-10-8-17(9-11-18)13-6-4-12(16)5-7-13;6-3-1-2-4(8)7-5(3)9/h4-7,16,21H,8-13H2,1-3H3,(H,22,25,26);1-4,13,16-17H,5-10H2,(H,18,20,21);4-7H,8-11,16H2,1-3H3;3H,1-2H2,(H,7,8,9). The van der Waals surface area contributed by atoms with Gasteiger partial charge in [0.15, 0.2) is 0 Å². The molecule has 6 aliphatic heterocycles. The van der Waals surface area contributed by atoms with Gasteiger partial charge in [0.05, 0.1) is 4.83 Å². The first kappa shape index (κ1) is 60.1. The number of piperazine rings is 3. The lowest BCUT2D eigenvalue weighted by molar-refractivity contribution is -0.135. The second kappa shape index (κ2) is 28.0. The molecule has 0 bridgehead atoms. The van der Waals surface area contributed by atoms with Crippen molar-refractivity contribution in [2.45, 2.75) is 108 Å². The number of carbonyl (C=O) groups is 8. The topological polar surface area (TPSA) is 269 Å². The van der Waals surface area contributed by atoms with E-state index in [1.165, 1.54) is 5.69 Å². The van der Waals surface area contributed by atoms with Gasteiger partial charge in [-0.3, -0.25) is 44.7 Å². The van der Waals surface area contributed by atoms with Gasteiger partial charge in [-0.2, -0.15) is 0 Å². The Morgan fingerprint density at radius 2 is 0.833 bits per heavy atom. The van der Waals surface area contributed by atoms with E-state index in [1.54, 1.807) is 9.80 Å². The van der Waals surface area contributed by atoms with E-state index < -0.39 is 11.2 Å². The molecule has 0 spiro atoms. The maximum Gasteiger partial charge on any atom is 0.410 e. The van der Waals surface area contributed by atoms with E-state index in [1.807, 2.05) is 102 Å². The normalized spacial score (nSPS) is 20.9. The number of imide groups is 3. The lowest BCUT2D eigenvalue weighted by Crippen LogP contribution is -2.50. The van der Waals surface area contributed by atoms with Gasteiger partial charge in [0, 0.05) is 132 Å². The minimum atomic E-state index is -0.487. The van der Waals surface area contributed by atoms with Crippen LogP contribution in [0.3, 0.4) is 0 Å². The van der Waals surface area contributed by atoms with Gasteiger partial charge in [-0.25, -0.2) is 9.59 Å². The Morgan fingerprint density at radius 3 is 1.17 bits per heavy atom. The number of piperidine rings is 3. The monoisotopic (exact) mass is 1140 g/mol. The lowest BCUT2D eigenvalue weighted by Gasteiger charge is -2.36. The Kier molecular flexibility index (Phi) is 21.5. The van der Waals surface area contributed by atoms with Crippen LogP contribution in [0.2, 0.25) is 0 Å². The van der Waals surface area contributed by atoms with Crippen LogP contribution in [0.15, 0.2) is 72.8 Å². The molecule has 22 nitrogen and oxygen atoms in total. The molecule has 8 N–H and O–H groups in total. The fourth-order valence-electron chi connectivity index (χ4n) is 8.82. The van der Waals surface area contributed by atoms with Crippen molar-refractivity contribution >= 4 is 97.7 Å². The molecule has 6 saturated heterocycles. The molecule has 23 heteroatoms. The molecule has 3 aromatic carbocycles. The van der Waals surface area contributed by atoms with Crippen molar-refractivity contribution in [3.63, 3.8) is 0 Å². The quantitative estimate of drug-likeness (QED) is 0.0953. The van der Waals surface area contributed by atoms with E-state index >= 15 is 0 Å². The zero-order chi connectivity index (χ0) is 56.6. The highest BCUT2D eigenvalue weighted by molar-refractivity contribution is 9.10. The summed E-state index contributed by atoms with van der Waals surface area (Å²) < 4.78 is 10.8. The smallest absolute Gasteiger partial charge is 0.410 e. The number of anilines is 6. The average Bonchev–Trinajstić information content (AvgIpc) is 3.41. The van der Waals surface area contributed by atoms with E-state index in [0.717, 1.165) is 80.8 Å². The highest BCUT2D eigenvalue weighted by Crippen LogP contribution is 2.24. The van der Waals surface area contributed by atoms with Crippen molar-refractivity contribution in [3.8, 4) is 0 Å². The molecule has 78 heavy (non-hydrogen) atoms. The fourth-order valence-corrected chi connectivity index (χ4v) is 9.17. The summed E-state index contributed by atoms with van der Waals surface area (Å²) in [5.41, 5.74) is 10.7. The number of ether oxygens (including phenoxy) is 2.